The van der Waals surface area contributed by atoms with Gasteiger partial charge < -0.3 is 10.1 Å². The fourth-order valence-electron chi connectivity index (χ4n) is 2.78. The van der Waals surface area contributed by atoms with Gasteiger partial charge in [0.15, 0.2) is 0 Å². The molecule has 1 atom stereocenters. The third kappa shape index (κ3) is 3.80. The quantitative estimate of drug-likeness (QED) is 0.747. The highest BCUT2D eigenvalue weighted by Gasteiger charge is 2.35. The van der Waals surface area contributed by atoms with Gasteiger partial charge in [-0.05, 0) is 38.3 Å². The number of likely N-dealkylation sites (N-methyl/N-ethyl adjacent to an activating group) is 1. The zero-order valence-electron chi connectivity index (χ0n) is 13.1. The molecule has 0 saturated heterocycles. The van der Waals surface area contributed by atoms with E-state index in [-0.39, 0.29) is 5.60 Å². The molecule has 1 rings (SSSR count). The number of nitrogens with one attached hydrogen (secondary N) is 1. The molecule has 0 radical (unpaired) electrons. The molecule has 1 aromatic heterocycles. The van der Waals surface area contributed by atoms with Gasteiger partial charge in [0.25, 0.3) is 0 Å². The first kappa shape index (κ1) is 16.2. The Hall–Kier alpha value is -0.870. The lowest BCUT2D eigenvalue weighted by molar-refractivity contribution is -0.0468. The predicted octanol–water partition coefficient (Wildman–Crippen LogP) is 2.63. The van der Waals surface area contributed by atoms with Gasteiger partial charge in [0.1, 0.15) is 0 Å². The van der Waals surface area contributed by atoms with E-state index >= 15 is 0 Å². The monoisotopic (exact) mass is 267 g/mol. The van der Waals surface area contributed by atoms with Crippen molar-refractivity contribution in [2.45, 2.75) is 65.1 Å². The smallest absolute Gasteiger partial charge is 0.0829 e. The largest absolute Gasteiger partial charge is 0.377 e. The summed E-state index contributed by atoms with van der Waals surface area (Å²) >= 11 is 0. The lowest BCUT2D eigenvalue weighted by Gasteiger charge is -2.39. The number of aryl methyl sites for hydroxylation is 1. The van der Waals surface area contributed by atoms with Crippen molar-refractivity contribution in [3.8, 4) is 0 Å². The topological polar surface area (TPSA) is 39.1 Å². The van der Waals surface area contributed by atoms with Crippen LogP contribution in [0.1, 0.15) is 46.1 Å². The Kier molecular flexibility index (Phi) is 6.52. The van der Waals surface area contributed by atoms with Gasteiger partial charge in [0, 0.05) is 25.9 Å². The molecule has 0 aliphatic rings. The number of hydrogen-bond acceptors (Lipinski definition) is 3. The van der Waals surface area contributed by atoms with Crippen LogP contribution in [0, 0.1) is 0 Å². The summed E-state index contributed by atoms with van der Waals surface area (Å²) in [5.74, 6) is 0. The van der Waals surface area contributed by atoms with Crippen molar-refractivity contribution in [3.63, 3.8) is 0 Å². The van der Waals surface area contributed by atoms with Crippen molar-refractivity contribution in [2.24, 2.45) is 0 Å². The van der Waals surface area contributed by atoms with E-state index < -0.39 is 0 Å². The van der Waals surface area contributed by atoms with Gasteiger partial charge in [-0.2, -0.15) is 5.10 Å². The maximum atomic E-state index is 5.87. The second kappa shape index (κ2) is 7.65. The van der Waals surface area contributed by atoms with Crippen LogP contribution in [0.2, 0.25) is 0 Å². The summed E-state index contributed by atoms with van der Waals surface area (Å²) in [7, 11) is 1.83. The van der Waals surface area contributed by atoms with E-state index in [0.29, 0.717) is 6.04 Å². The number of aromatic nitrogens is 2. The molecular weight excluding hydrogens is 238 g/mol. The Balaban J connectivity index is 2.86. The fourth-order valence-corrected chi connectivity index (χ4v) is 2.78. The van der Waals surface area contributed by atoms with Gasteiger partial charge in [-0.3, -0.25) is 4.68 Å². The van der Waals surface area contributed by atoms with Crippen LogP contribution in [0.25, 0.3) is 0 Å². The predicted molar refractivity (Wildman–Crippen MR) is 79.4 cm³/mol. The summed E-state index contributed by atoms with van der Waals surface area (Å²) in [6.07, 6.45) is 7.10. The van der Waals surface area contributed by atoms with Crippen molar-refractivity contribution in [1.29, 1.82) is 0 Å². The first-order chi connectivity index (χ1) is 9.15. The molecule has 4 nitrogen and oxygen atoms in total. The molecule has 0 bridgehead atoms. The fraction of sp³-hybridized carbons (Fsp3) is 0.800. The van der Waals surface area contributed by atoms with Crippen molar-refractivity contribution in [3.05, 3.63) is 18.0 Å². The molecule has 1 unspecified atom stereocenters. The summed E-state index contributed by atoms with van der Waals surface area (Å²) in [5.41, 5.74) is 1.18. The molecular formula is C15H29N3O. The van der Waals surface area contributed by atoms with E-state index in [9.17, 15) is 0 Å². The molecule has 0 aliphatic carbocycles. The SMILES string of the molecule is CCNC(Cc1cnn(CC)c1)C(CC)(CC)OC. The average Bonchev–Trinajstić information content (AvgIpc) is 2.89. The maximum Gasteiger partial charge on any atom is 0.0829 e. The third-order valence-electron chi connectivity index (χ3n) is 4.14. The minimum Gasteiger partial charge on any atom is -0.377 e. The van der Waals surface area contributed by atoms with Crippen LogP contribution in [-0.4, -0.2) is 35.1 Å². The van der Waals surface area contributed by atoms with Crippen LogP contribution in [0.15, 0.2) is 12.4 Å². The molecule has 0 saturated carbocycles. The summed E-state index contributed by atoms with van der Waals surface area (Å²) in [5, 5.41) is 7.95. The van der Waals surface area contributed by atoms with E-state index in [1.165, 1.54) is 5.56 Å². The molecule has 1 aromatic rings. The number of rotatable bonds is 9. The van der Waals surface area contributed by atoms with Crippen molar-refractivity contribution in [2.75, 3.05) is 13.7 Å². The molecule has 1 heterocycles. The molecule has 0 spiro atoms. The Morgan fingerprint density at radius 3 is 2.42 bits per heavy atom. The summed E-state index contributed by atoms with van der Waals surface area (Å²) < 4.78 is 7.84. The van der Waals surface area contributed by atoms with Gasteiger partial charge in [0.2, 0.25) is 0 Å². The summed E-state index contributed by atoms with van der Waals surface area (Å²) in [6, 6.07) is 0.326. The van der Waals surface area contributed by atoms with Crippen LogP contribution in [-0.2, 0) is 17.7 Å². The van der Waals surface area contributed by atoms with Gasteiger partial charge in [0.05, 0.1) is 11.8 Å². The van der Waals surface area contributed by atoms with E-state index in [1.54, 1.807) is 0 Å². The van der Waals surface area contributed by atoms with Gasteiger partial charge in [-0.25, -0.2) is 0 Å². The molecule has 0 aliphatic heterocycles. The first-order valence-corrected chi connectivity index (χ1v) is 7.45. The molecule has 4 heteroatoms. The zero-order chi connectivity index (χ0) is 14.3. The Labute approximate surface area is 117 Å². The van der Waals surface area contributed by atoms with Crippen molar-refractivity contribution in [1.82, 2.24) is 15.1 Å². The highest BCUT2D eigenvalue weighted by Crippen LogP contribution is 2.26. The van der Waals surface area contributed by atoms with Crippen LogP contribution in [0.4, 0.5) is 0 Å². The Morgan fingerprint density at radius 2 is 2.00 bits per heavy atom. The molecule has 0 fully saturated rings. The highest BCUT2D eigenvalue weighted by atomic mass is 16.5. The summed E-state index contributed by atoms with van der Waals surface area (Å²) in [6.45, 7) is 10.5. The van der Waals surface area contributed by atoms with Crippen LogP contribution >= 0.6 is 0 Å². The van der Waals surface area contributed by atoms with Crippen LogP contribution < -0.4 is 5.32 Å². The van der Waals surface area contributed by atoms with Crippen molar-refractivity contribution < 1.29 is 4.74 Å². The summed E-state index contributed by atoms with van der Waals surface area (Å²) in [4.78, 5) is 0. The standard InChI is InChI=1S/C15H29N3O/c1-6-15(7-2,19-5)14(16-8-3)10-13-11-17-18(9-4)12-13/h11-12,14,16H,6-10H2,1-5H3. The highest BCUT2D eigenvalue weighted by molar-refractivity contribution is 5.09. The lowest BCUT2D eigenvalue weighted by Crippen LogP contribution is -2.52. The number of hydrogen-bond donors (Lipinski definition) is 1. The van der Waals surface area contributed by atoms with E-state index in [2.05, 4.69) is 44.3 Å². The lowest BCUT2D eigenvalue weighted by atomic mass is 9.85. The second-order valence-electron chi connectivity index (χ2n) is 4.99. The minimum absolute atomic E-state index is 0.0929. The number of nitrogens with zero attached hydrogens (tertiary/aromatic N) is 2. The molecule has 0 amide bonds. The Morgan fingerprint density at radius 1 is 1.32 bits per heavy atom. The van der Waals surface area contributed by atoms with Crippen molar-refractivity contribution >= 4 is 0 Å². The molecule has 19 heavy (non-hydrogen) atoms. The first-order valence-electron chi connectivity index (χ1n) is 7.45. The van der Waals surface area contributed by atoms with E-state index in [0.717, 1.165) is 32.4 Å². The average molecular weight is 267 g/mol. The number of methoxy groups -OCH3 is 1. The van der Waals surface area contributed by atoms with Crippen LogP contribution in [0.3, 0.4) is 0 Å². The maximum absolute atomic E-state index is 5.87. The number of ether oxygens (including phenoxy) is 1. The molecule has 1 N–H and O–H groups in total. The van der Waals surface area contributed by atoms with Gasteiger partial charge in [-0.15, -0.1) is 0 Å². The van der Waals surface area contributed by atoms with Gasteiger partial charge >= 0.3 is 0 Å². The normalized spacial score (nSPS) is 13.7. The Bertz CT molecular complexity index is 350. The second-order valence-corrected chi connectivity index (χ2v) is 4.99. The minimum atomic E-state index is -0.0929. The zero-order valence-corrected chi connectivity index (χ0v) is 13.1. The molecule has 110 valence electrons. The van der Waals surface area contributed by atoms with Crippen LogP contribution in [0.5, 0.6) is 0 Å². The van der Waals surface area contributed by atoms with Gasteiger partial charge in [-0.1, -0.05) is 20.8 Å². The molecule has 0 aromatic carbocycles. The van der Waals surface area contributed by atoms with E-state index in [1.807, 2.05) is 18.0 Å². The third-order valence-corrected chi connectivity index (χ3v) is 4.14. The van der Waals surface area contributed by atoms with E-state index in [4.69, 9.17) is 4.74 Å².